The number of aliphatic carboxylic acids is 2. The number of phenols is 1. The molecule has 3 unspecified atom stereocenters. The molecule has 0 fully saturated rings. The van der Waals surface area contributed by atoms with Crippen molar-refractivity contribution in [2.45, 2.75) is 51.2 Å². The van der Waals surface area contributed by atoms with Crippen molar-refractivity contribution in [1.82, 2.24) is 10.6 Å². The zero-order valence-electron chi connectivity index (χ0n) is 16.3. The van der Waals surface area contributed by atoms with E-state index in [0.717, 1.165) is 0 Å². The Kier molecular flexibility index (Phi) is 9.07. The molecule has 0 bridgehead atoms. The molecule has 1 aromatic rings. The van der Waals surface area contributed by atoms with Crippen LogP contribution in [0.2, 0.25) is 0 Å². The molecule has 10 heteroatoms. The van der Waals surface area contributed by atoms with Gasteiger partial charge in [-0.3, -0.25) is 14.4 Å². The van der Waals surface area contributed by atoms with Crippen LogP contribution in [0.5, 0.6) is 5.75 Å². The molecule has 2 amide bonds. The number of aromatic hydroxyl groups is 1. The molecule has 7 N–H and O–H groups in total. The maximum atomic E-state index is 12.7. The third kappa shape index (κ3) is 8.18. The van der Waals surface area contributed by atoms with Crippen LogP contribution in [0.3, 0.4) is 0 Å². The summed E-state index contributed by atoms with van der Waals surface area (Å²) >= 11 is 0. The first-order valence-electron chi connectivity index (χ1n) is 9.10. The summed E-state index contributed by atoms with van der Waals surface area (Å²) in [6, 6.07) is 2.53. The number of phenolic OH excluding ortho intramolecular Hbond substituents is 1. The minimum Gasteiger partial charge on any atom is -0.508 e. The Balaban J connectivity index is 2.98. The molecule has 160 valence electrons. The first-order chi connectivity index (χ1) is 13.5. The smallest absolute Gasteiger partial charge is 0.326 e. The predicted molar refractivity (Wildman–Crippen MR) is 103 cm³/mol. The number of carbonyl (C=O) groups is 4. The van der Waals surface area contributed by atoms with Crippen LogP contribution < -0.4 is 16.4 Å². The second-order valence-corrected chi connectivity index (χ2v) is 7.03. The number of carboxylic acids is 2. The molecular weight excluding hydrogens is 382 g/mol. The molecule has 0 saturated heterocycles. The highest BCUT2D eigenvalue weighted by molar-refractivity contribution is 5.92. The highest BCUT2D eigenvalue weighted by Crippen LogP contribution is 2.12. The largest absolute Gasteiger partial charge is 0.508 e. The van der Waals surface area contributed by atoms with Crippen LogP contribution in [-0.4, -0.2) is 57.2 Å². The van der Waals surface area contributed by atoms with Gasteiger partial charge in [0.15, 0.2) is 0 Å². The van der Waals surface area contributed by atoms with E-state index in [1.165, 1.54) is 12.1 Å². The van der Waals surface area contributed by atoms with E-state index in [4.69, 9.17) is 10.8 Å². The van der Waals surface area contributed by atoms with Gasteiger partial charge in [0.05, 0.1) is 6.04 Å². The Morgan fingerprint density at radius 1 is 0.966 bits per heavy atom. The number of carboxylic acid groups (broad SMARTS) is 2. The lowest BCUT2D eigenvalue weighted by Gasteiger charge is -2.24. The zero-order valence-corrected chi connectivity index (χ0v) is 16.3. The number of nitrogens with two attached hydrogens (primary N) is 1. The van der Waals surface area contributed by atoms with Gasteiger partial charge in [-0.1, -0.05) is 26.0 Å². The number of hydrogen-bond donors (Lipinski definition) is 6. The number of carbonyl (C=O) groups excluding carboxylic acids is 2. The molecule has 0 aliphatic rings. The molecule has 0 heterocycles. The van der Waals surface area contributed by atoms with Gasteiger partial charge in [-0.2, -0.15) is 0 Å². The van der Waals surface area contributed by atoms with E-state index in [1.807, 2.05) is 0 Å². The molecule has 3 atom stereocenters. The van der Waals surface area contributed by atoms with Crippen LogP contribution in [0.1, 0.15) is 32.3 Å². The van der Waals surface area contributed by atoms with Crippen LogP contribution in [-0.2, 0) is 25.6 Å². The molecule has 10 nitrogen and oxygen atoms in total. The highest BCUT2D eigenvalue weighted by Gasteiger charge is 2.29. The van der Waals surface area contributed by atoms with Gasteiger partial charge in [0.25, 0.3) is 0 Å². The normalized spacial score (nSPS) is 13.9. The fraction of sp³-hybridized carbons (Fsp3) is 0.474. The van der Waals surface area contributed by atoms with Crippen LogP contribution in [0.15, 0.2) is 24.3 Å². The Morgan fingerprint density at radius 2 is 1.52 bits per heavy atom. The quantitative estimate of drug-likeness (QED) is 0.292. The molecule has 0 radical (unpaired) electrons. The van der Waals surface area contributed by atoms with Gasteiger partial charge in [0.2, 0.25) is 11.8 Å². The minimum atomic E-state index is -1.42. The standard InChI is InChI=1S/C19H27N3O7/c1-10(2)16(20)18(27)22-14(9-11-3-5-12(23)6-4-11)17(26)21-13(19(28)29)7-8-15(24)25/h3-6,10,13-14,16,23H,7-9,20H2,1-2H3,(H,21,26)(H,22,27)(H,24,25)(H,28,29). The van der Waals surface area contributed by atoms with Crippen LogP contribution in [0.25, 0.3) is 0 Å². The summed E-state index contributed by atoms with van der Waals surface area (Å²) in [7, 11) is 0. The highest BCUT2D eigenvalue weighted by atomic mass is 16.4. The zero-order chi connectivity index (χ0) is 22.1. The Bertz CT molecular complexity index is 734. The number of benzene rings is 1. The SMILES string of the molecule is CC(C)C(N)C(=O)NC(Cc1ccc(O)cc1)C(=O)NC(CCC(=O)O)C(=O)O. The average Bonchev–Trinajstić information content (AvgIpc) is 2.64. The second-order valence-electron chi connectivity index (χ2n) is 7.03. The fourth-order valence-corrected chi connectivity index (χ4v) is 2.45. The molecule has 0 aliphatic carbocycles. The van der Waals surface area contributed by atoms with Crippen molar-refractivity contribution in [3.63, 3.8) is 0 Å². The van der Waals surface area contributed by atoms with Crippen molar-refractivity contribution in [3.8, 4) is 5.75 Å². The Hall–Kier alpha value is -3.14. The maximum absolute atomic E-state index is 12.7. The van der Waals surface area contributed by atoms with Gasteiger partial charge < -0.3 is 31.7 Å². The summed E-state index contributed by atoms with van der Waals surface area (Å²) in [5.41, 5.74) is 6.43. The molecule has 0 spiro atoms. The van der Waals surface area contributed by atoms with Crippen LogP contribution >= 0.6 is 0 Å². The number of rotatable bonds is 11. The lowest BCUT2D eigenvalue weighted by Crippen LogP contribution is -2.56. The summed E-state index contributed by atoms with van der Waals surface area (Å²) in [6.45, 7) is 3.48. The summed E-state index contributed by atoms with van der Waals surface area (Å²) in [4.78, 5) is 47.0. The summed E-state index contributed by atoms with van der Waals surface area (Å²) in [5.74, 6) is -4.08. The number of nitrogens with one attached hydrogen (secondary N) is 2. The molecule has 1 aromatic carbocycles. The van der Waals surface area contributed by atoms with Gasteiger partial charge >= 0.3 is 11.9 Å². The third-order valence-corrected chi connectivity index (χ3v) is 4.29. The predicted octanol–water partition coefficient (Wildman–Crippen LogP) is -0.163. The van der Waals surface area contributed by atoms with Crippen molar-refractivity contribution in [1.29, 1.82) is 0 Å². The Labute approximate surface area is 168 Å². The summed E-state index contributed by atoms with van der Waals surface area (Å²) in [5, 5.41) is 32.2. The van der Waals surface area contributed by atoms with E-state index >= 15 is 0 Å². The fourth-order valence-electron chi connectivity index (χ4n) is 2.45. The average molecular weight is 409 g/mol. The minimum absolute atomic E-state index is 0.0218. The molecule has 29 heavy (non-hydrogen) atoms. The second kappa shape index (κ2) is 11.0. The van der Waals surface area contributed by atoms with E-state index in [9.17, 15) is 29.4 Å². The lowest BCUT2D eigenvalue weighted by molar-refractivity contribution is -0.143. The van der Waals surface area contributed by atoms with E-state index < -0.39 is 48.3 Å². The van der Waals surface area contributed by atoms with Gasteiger partial charge in [-0.05, 0) is 30.0 Å². The topological polar surface area (TPSA) is 179 Å². The van der Waals surface area contributed by atoms with Crippen molar-refractivity contribution in [3.05, 3.63) is 29.8 Å². The first kappa shape index (κ1) is 23.9. The lowest BCUT2D eigenvalue weighted by atomic mass is 10.0. The van der Waals surface area contributed by atoms with E-state index in [2.05, 4.69) is 10.6 Å². The van der Waals surface area contributed by atoms with Crippen molar-refractivity contribution >= 4 is 23.8 Å². The van der Waals surface area contributed by atoms with E-state index in [1.54, 1.807) is 26.0 Å². The van der Waals surface area contributed by atoms with Crippen LogP contribution in [0, 0.1) is 5.92 Å². The van der Waals surface area contributed by atoms with E-state index in [-0.39, 0.29) is 24.5 Å². The molecule has 1 rings (SSSR count). The van der Waals surface area contributed by atoms with Crippen LogP contribution in [0.4, 0.5) is 0 Å². The van der Waals surface area contributed by atoms with Crippen molar-refractivity contribution in [2.75, 3.05) is 0 Å². The maximum Gasteiger partial charge on any atom is 0.326 e. The molecule has 0 saturated carbocycles. The molecule has 0 aliphatic heterocycles. The Morgan fingerprint density at radius 3 is 2.00 bits per heavy atom. The number of amides is 2. The first-order valence-corrected chi connectivity index (χ1v) is 9.10. The summed E-state index contributed by atoms with van der Waals surface area (Å²) in [6.07, 6.45) is -0.722. The van der Waals surface area contributed by atoms with Gasteiger partial charge in [-0.25, -0.2) is 4.79 Å². The third-order valence-electron chi connectivity index (χ3n) is 4.29. The monoisotopic (exact) mass is 409 g/mol. The molecular formula is C19H27N3O7. The van der Waals surface area contributed by atoms with Gasteiger partial charge in [0.1, 0.15) is 17.8 Å². The number of hydrogen-bond acceptors (Lipinski definition) is 6. The van der Waals surface area contributed by atoms with E-state index in [0.29, 0.717) is 5.56 Å². The van der Waals surface area contributed by atoms with Gasteiger partial charge in [0, 0.05) is 12.8 Å². The summed E-state index contributed by atoms with van der Waals surface area (Å²) < 4.78 is 0. The van der Waals surface area contributed by atoms with Gasteiger partial charge in [-0.15, -0.1) is 0 Å². The van der Waals surface area contributed by atoms with Crippen molar-refractivity contribution < 1.29 is 34.5 Å². The van der Waals surface area contributed by atoms with Crippen molar-refractivity contribution in [2.24, 2.45) is 11.7 Å². The molecule has 0 aromatic heterocycles.